The number of aryl methyl sites for hydroxylation is 2. The average Bonchev–Trinajstić information content (AvgIpc) is 3.68. The fourth-order valence-corrected chi connectivity index (χ4v) is 4.93. The van der Waals surface area contributed by atoms with E-state index in [0.29, 0.717) is 41.8 Å². The second-order valence-electron chi connectivity index (χ2n) is 9.63. The minimum absolute atomic E-state index is 0. The van der Waals surface area contributed by atoms with Crippen LogP contribution in [-0.4, -0.2) is 64.9 Å². The largest absolute Gasteiger partial charge is 0.480 e. The van der Waals surface area contributed by atoms with Crippen molar-refractivity contribution in [1.82, 2.24) is 34.6 Å². The number of carbonyl (C=O) groups is 2. The third-order valence-corrected chi connectivity index (χ3v) is 6.71. The smallest absolute Gasteiger partial charge is 0.329 e. The van der Waals surface area contributed by atoms with Gasteiger partial charge in [0.2, 0.25) is 0 Å². The standard InChI is InChI=1S/C26H31N9O4.ClH/c1-17-12-19(13-28-24(17)21-15-34(33-32-21)10-4-5-11-39-16-23(36)37)30-26(38)31-20-14-27-22-8-9-29-35(22)25(20)18-6-2-3-7-18;/h8-9,12-15,18H,2-7,10-11,16H2,1H3,(H,36,37)(H2,30,31,38);1H. The van der Waals surface area contributed by atoms with Gasteiger partial charge in [-0.3, -0.25) is 9.67 Å². The predicted octanol–water partition coefficient (Wildman–Crippen LogP) is 4.30. The van der Waals surface area contributed by atoms with E-state index in [1.54, 1.807) is 23.3 Å². The number of hydrogen-bond donors (Lipinski definition) is 3. The number of aromatic nitrogens is 7. The number of hydrogen-bond acceptors (Lipinski definition) is 8. The van der Waals surface area contributed by atoms with Crippen molar-refractivity contribution in [1.29, 1.82) is 0 Å². The molecular weight excluding hydrogens is 538 g/mol. The van der Waals surface area contributed by atoms with Gasteiger partial charge in [-0.15, -0.1) is 17.5 Å². The van der Waals surface area contributed by atoms with Crippen molar-refractivity contribution in [3.05, 3.63) is 48.2 Å². The van der Waals surface area contributed by atoms with Crippen LogP contribution in [0.1, 0.15) is 55.7 Å². The molecule has 0 radical (unpaired) electrons. The van der Waals surface area contributed by atoms with Crippen molar-refractivity contribution < 1.29 is 19.4 Å². The van der Waals surface area contributed by atoms with Gasteiger partial charge in [-0.1, -0.05) is 18.1 Å². The molecule has 0 aromatic carbocycles. The Morgan fingerprint density at radius 1 is 1.15 bits per heavy atom. The maximum absolute atomic E-state index is 12.9. The first-order valence-electron chi connectivity index (χ1n) is 13.1. The van der Waals surface area contributed by atoms with Gasteiger partial charge < -0.3 is 20.5 Å². The number of carboxylic acid groups (broad SMARTS) is 1. The molecule has 0 bridgehead atoms. The molecule has 2 amide bonds. The van der Waals surface area contributed by atoms with E-state index in [4.69, 9.17) is 9.84 Å². The zero-order valence-corrected chi connectivity index (χ0v) is 22.9. The topological polar surface area (TPSA) is 161 Å². The van der Waals surface area contributed by atoms with Gasteiger partial charge in [0, 0.05) is 25.1 Å². The molecule has 4 aromatic heterocycles. The highest BCUT2D eigenvalue weighted by molar-refractivity contribution is 6.00. The van der Waals surface area contributed by atoms with Gasteiger partial charge >= 0.3 is 12.0 Å². The van der Waals surface area contributed by atoms with Crippen molar-refractivity contribution in [3.8, 4) is 11.4 Å². The van der Waals surface area contributed by atoms with Crippen LogP contribution in [0, 0.1) is 6.92 Å². The van der Waals surface area contributed by atoms with Crippen LogP contribution in [0.15, 0.2) is 36.9 Å². The molecule has 0 spiro atoms. The van der Waals surface area contributed by atoms with E-state index in [1.807, 2.05) is 29.8 Å². The molecule has 0 aliphatic heterocycles. The second kappa shape index (κ2) is 13.3. The van der Waals surface area contributed by atoms with Gasteiger partial charge in [-0.05, 0) is 44.2 Å². The molecule has 5 rings (SSSR count). The van der Waals surface area contributed by atoms with Crippen molar-refractivity contribution >= 4 is 41.4 Å². The number of anilines is 2. The molecule has 40 heavy (non-hydrogen) atoms. The highest BCUT2D eigenvalue weighted by Gasteiger charge is 2.24. The molecule has 14 heteroatoms. The number of carboxylic acids is 1. The summed E-state index contributed by atoms with van der Waals surface area (Å²) in [5.41, 5.74) is 5.10. The van der Waals surface area contributed by atoms with Gasteiger partial charge in [0.1, 0.15) is 12.3 Å². The van der Waals surface area contributed by atoms with Crippen molar-refractivity contribution in [2.75, 3.05) is 23.8 Å². The van der Waals surface area contributed by atoms with E-state index in [0.717, 1.165) is 55.4 Å². The molecular formula is C26H32ClN9O4. The number of unbranched alkanes of at least 4 members (excludes halogenated alkanes) is 1. The average molecular weight is 570 g/mol. The van der Waals surface area contributed by atoms with Crippen molar-refractivity contribution in [3.63, 3.8) is 0 Å². The first-order valence-corrected chi connectivity index (χ1v) is 13.1. The summed E-state index contributed by atoms with van der Waals surface area (Å²) >= 11 is 0. The molecule has 4 heterocycles. The van der Waals surface area contributed by atoms with E-state index in [1.165, 1.54) is 0 Å². The number of amides is 2. The van der Waals surface area contributed by atoms with Crippen molar-refractivity contribution in [2.45, 2.75) is 57.9 Å². The Labute approximate surface area is 236 Å². The zero-order chi connectivity index (χ0) is 27.2. The van der Waals surface area contributed by atoms with Gasteiger partial charge in [-0.2, -0.15) is 5.10 Å². The molecule has 1 fully saturated rings. The molecule has 1 aliphatic rings. The molecule has 0 saturated heterocycles. The van der Waals surface area contributed by atoms with Crippen molar-refractivity contribution in [2.24, 2.45) is 0 Å². The Kier molecular flexibility index (Phi) is 9.61. The summed E-state index contributed by atoms with van der Waals surface area (Å²) in [5.74, 6) is -0.647. The lowest BCUT2D eigenvalue weighted by Gasteiger charge is -2.17. The number of fused-ring (bicyclic) bond motifs is 1. The molecule has 13 nitrogen and oxygen atoms in total. The van der Waals surface area contributed by atoms with Crippen LogP contribution in [0.2, 0.25) is 0 Å². The first kappa shape index (κ1) is 28.9. The lowest BCUT2D eigenvalue weighted by Crippen LogP contribution is -2.22. The Bertz CT molecular complexity index is 1470. The number of nitrogens with zero attached hydrogens (tertiary/aromatic N) is 7. The molecule has 4 aromatic rings. The van der Waals surface area contributed by atoms with E-state index < -0.39 is 5.97 Å². The minimum atomic E-state index is -0.973. The Balaban J connectivity index is 0.00000370. The maximum Gasteiger partial charge on any atom is 0.329 e. The Morgan fingerprint density at radius 3 is 2.75 bits per heavy atom. The lowest BCUT2D eigenvalue weighted by molar-refractivity contribution is -0.142. The molecule has 0 unspecified atom stereocenters. The summed E-state index contributed by atoms with van der Waals surface area (Å²) in [6.07, 6.45) is 12.8. The van der Waals surface area contributed by atoms with E-state index in [9.17, 15) is 9.59 Å². The fraction of sp³-hybridized carbons (Fsp3) is 0.423. The predicted molar refractivity (Wildman–Crippen MR) is 150 cm³/mol. The minimum Gasteiger partial charge on any atom is -0.480 e. The summed E-state index contributed by atoms with van der Waals surface area (Å²) in [6.45, 7) is 2.62. The van der Waals surface area contributed by atoms with Gasteiger partial charge in [-0.25, -0.2) is 19.1 Å². The summed E-state index contributed by atoms with van der Waals surface area (Å²) in [6, 6.07) is 3.32. The number of aliphatic carboxylic acids is 1. The summed E-state index contributed by atoms with van der Waals surface area (Å²) in [4.78, 5) is 32.3. The van der Waals surface area contributed by atoms with Gasteiger partial charge in [0.25, 0.3) is 0 Å². The molecule has 212 valence electrons. The van der Waals surface area contributed by atoms with Crippen LogP contribution in [-0.2, 0) is 16.1 Å². The van der Waals surface area contributed by atoms with Crippen LogP contribution in [0.3, 0.4) is 0 Å². The van der Waals surface area contributed by atoms with Crippen LogP contribution in [0.4, 0.5) is 16.2 Å². The number of urea groups is 1. The van der Waals surface area contributed by atoms with E-state index in [2.05, 4.69) is 36.0 Å². The molecule has 0 atom stereocenters. The van der Waals surface area contributed by atoms with E-state index >= 15 is 0 Å². The number of rotatable bonds is 11. The monoisotopic (exact) mass is 569 g/mol. The number of ether oxygens (including phenoxy) is 1. The number of pyridine rings is 1. The molecule has 1 saturated carbocycles. The third-order valence-electron chi connectivity index (χ3n) is 6.71. The van der Waals surface area contributed by atoms with Gasteiger partial charge in [0.05, 0.1) is 47.6 Å². The van der Waals surface area contributed by atoms with Crippen LogP contribution >= 0.6 is 12.4 Å². The summed E-state index contributed by atoms with van der Waals surface area (Å²) in [7, 11) is 0. The zero-order valence-electron chi connectivity index (χ0n) is 22.1. The highest BCUT2D eigenvalue weighted by Crippen LogP contribution is 2.37. The summed E-state index contributed by atoms with van der Waals surface area (Å²) in [5, 5.41) is 27.2. The molecule has 3 N–H and O–H groups in total. The maximum atomic E-state index is 12.9. The Morgan fingerprint density at radius 2 is 1.98 bits per heavy atom. The second-order valence-corrected chi connectivity index (χ2v) is 9.63. The fourth-order valence-electron chi connectivity index (χ4n) is 4.93. The van der Waals surface area contributed by atoms with Crippen LogP contribution in [0.25, 0.3) is 17.0 Å². The lowest BCUT2D eigenvalue weighted by atomic mass is 10.0. The Hall–Kier alpha value is -4.10. The highest BCUT2D eigenvalue weighted by atomic mass is 35.5. The van der Waals surface area contributed by atoms with Crippen LogP contribution < -0.4 is 10.6 Å². The SMILES string of the molecule is Cc1cc(NC(=O)Nc2cnc3ccnn3c2C2CCCC2)cnc1-c1cn(CCCCOCC(=O)O)nn1.Cl. The number of nitrogens with one attached hydrogen (secondary N) is 2. The number of halogens is 1. The van der Waals surface area contributed by atoms with Gasteiger partial charge in [0.15, 0.2) is 5.65 Å². The van der Waals surface area contributed by atoms with E-state index in [-0.39, 0.29) is 25.0 Å². The normalized spacial score (nSPS) is 13.3. The van der Waals surface area contributed by atoms with Crippen LogP contribution in [0.5, 0.6) is 0 Å². The third kappa shape index (κ3) is 6.90. The summed E-state index contributed by atoms with van der Waals surface area (Å²) < 4.78 is 8.59. The molecule has 1 aliphatic carbocycles. The first-order chi connectivity index (χ1) is 19.0. The number of carbonyl (C=O) groups excluding carboxylic acids is 1. The quantitative estimate of drug-likeness (QED) is 0.224.